The van der Waals surface area contributed by atoms with Crippen LogP contribution in [0, 0.1) is 5.82 Å². The maximum atomic E-state index is 13.0. The number of carboxylic acids is 1. The topological polar surface area (TPSA) is 78.4 Å². The van der Waals surface area contributed by atoms with Crippen LogP contribution < -0.4 is 10.6 Å². The van der Waals surface area contributed by atoms with Gasteiger partial charge in [-0.15, -0.1) is 0 Å². The molecule has 0 atom stereocenters. The van der Waals surface area contributed by atoms with Crippen LogP contribution in [-0.2, 0) is 4.79 Å². The van der Waals surface area contributed by atoms with Crippen molar-refractivity contribution < 1.29 is 19.1 Å². The second-order valence-electron chi connectivity index (χ2n) is 5.26. The summed E-state index contributed by atoms with van der Waals surface area (Å²) in [4.78, 5) is 23.0. The summed E-state index contributed by atoms with van der Waals surface area (Å²) in [6, 6.07) is 3.45. The highest BCUT2D eigenvalue weighted by Gasteiger charge is 2.37. The van der Waals surface area contributed by atoms with Crippen LogP contribution in [0.3, 0.4) is 0 Å². The molecule has 0 aromatic heterocycles. The lowest BCUT2D eigenvalue weighted by Gasteiger charge is -2.28. The normalized spacial score (nSPS) is 16.5. The first-order chi connectivity index (χ1) is 9.90. The van der Waals surface area contributed by atoms with Gasteiger partial charge < -0.3 is 15.7 Å². The minimum absolute atomic E-state index is 0.0923. The predicted molar refractivity (Wildman–Crippen MR) is 79.7 cm³/mol. The Morgan fingerprint density at radius 2 is 2.00 bits per heavy atom. The molecule has 7 heteroatoms. The third kappa shape index (κ3) is 4.17. The number of carbonyl (C=O) groups is 2. The molecule has 1 aromatic carbocycles. The molecule has 1 aliphatic carbocycles. The van der Waals surface area contributed by atoms with Crippen LogP contribution in [0.1, 0.15) is 32.1 Å². The van der Waals surface area contributed by atoms with Crippen molar-refractivity contribution in [2.24, 2.45) is 0 Å². The van der Waals surface area contributed by atoms with E-state index in [-0.39, 0.29) is 6.42 Å². The molecule has 0 bridgehead atoms. The third-order valence-corrected chi connectivity index (χ3v) is 4.26. The number of nitrogens with one attached hydrogen (secondary N) is 2. The van der Waals surface area contributed by atoms with Crippen molar-refractivity contribution in [3.63, 3.8) is 0 Å². The van der Waals surface area contributed by atoms with E-state index < -0.39 is 23.4 Å². The average molecular weight is 359 g/mol. The number of aliphatic carboxylic acids is 1. The number of carboxylic acid groups (broad SMARTS) is 1. The molecule has 0 radical (unpaired) electrons. The molecule has 1 aromatic rings. The number of urea groups is 1. The van der Waals surface area contributed by atoms with Crippen molar-refractivity contribution in [3.8, 4) is 0 Å². The first kappa shape index (κ1) is 15.8. The van der Waals surface area contributed by atoms with Gasteiger partial charge in [-0.25, -0.2) is 9.18 Å². The van der Waals surface area contributed by atoms with Gasteiger partial charge >= 0.3 is 12.0 Å². The number of hydrogen-bond acceptors (Lipinski definition) is 2. The Hall–Kier alpha value is -1.63. The van der Waals surface area contributed by atoms with E-state index in [2.05, 4.69) is 26.6 Å². The van der Waals surface area contributed by atoms with E-state index in [0.29, 0.717) is 23.0 Å². The highest BCUT2D eigenvalue weighted by atomic mass is 79.9. The highest BCUT2D eigenvalue weighted by Crippen LogP contribution is 2.33. The Labute approximate surface area is 130 Å². The van der Waals surface area contributed by atoms with Gasteiger partial charge in [0, 0.05) is 4.47 Å². The predicted octanol–water partition coefficient (Wildman–Crippen LogP) is 3.50. The molecule has 1 saturated carbocycles. The number of benzene rings is 1. The summed E-state index contributed by atoms with van der Waals surface area (Å²) in [5.74, 6) is -1.34. The van der Waals surface area contributed by atoms with Crippen LogP contribution in [0.15, 0.2) is 22.7 Å². The van der Waals surface area contributed by atoms with Crippen LogP contribution in [0.2, 0.25) is 0 Å². The summed E-state index contributed by atoms with van der Waals surface area (Å²) in [5, 5.41) is 14.4. The van der Waals surface area contributed by atoms with Gasteiger partial charge in [0.15, 0.2) is 0 Å². The SMILES string of the molecule is O=C(O)CC1(NC(=O)Nc2ccc(F)cc2Br)CCCC1. The Morgan fingerprint density at radius 3 is 2.57 bits per heavy atom. The van der Waals surface area contributed by atoms with E-state index in [1.165, 1.54) is 18.2 Å². The molecule has 0 spiro atoms. The lowest BCUT2D eigenvalue weighted by molar-refractivity contribution is -0.138. The molecule has 114 valence electrons. The second-order valence-corrected chi connectivity index (χ2v) is 6.12. The van der Waals surface area contributed by atoms with E-state index >= 15 is 0 Å². The van der Waals surface area contributed by atoms with Crippen LogP contribution in [-0.4, -0.2) is 22.6 Å². The van der Waals surface area contributed by atoms with Gasteiger partial charge in [-0.1, -0.05) is 12.8 Å². The lowest BCUT2D eigenvalue weighted by Crippen LogP contribution is -2.49. The standard InChI is InChI=1S/C14H16BrFN2O3/c15-10-7-9(16)3-4-11(10)17-13(21)18-14(8-12(19)20)5-1-2-6-14/h3-4,7H,1-2,5-6,8H2,(H,19,20)(H2,17,18,21). The summed E-state index contributed by atoms with van der Waals surface area (Å²) >= 11 is 3.17. The van der Waals surface area contributed by atoms with Crippen LogP contribution >= 0.6 is 15.9 Å². The largest absolute Gasteiger partial charge is 0.481 e. The summed E-state index contributed by atoms with van der Waals surface area (Å²) < 4.78 is 13.4. The fourth-order valence-electron chi connectivity index (χ4n) is 2.67. The first-order valence-corrected chi connectivity index (χ1v) is 7.46. The molecule has 2 amide bonds. The fraction of sp³-hybridized carbons (Fsp3) is 0.429. The monoisotopic (exact) mass is 358 g/mol. The number of carbonyl (C=O) groups excluding carboxylic acids is 1. The number of amides is 2. The van der Waals surface area contributed by atoms with Gasteiger partial charge in [0.25, 0.3) is 0 Å². The van der Waals surface area contributed by atoms with Gasteiger partial charge in [0.05, 0.1) is 17.6 Å². The van der Waals surface area contributed by atoms with E-state index in [9.17, 15) is 14.0 Å². The summed E-state index contributed by atoms with van der Waals surface area (Å²) in [7, 11) is 0. The quantitative estimate of drug-likeness (QED) is 0.770. The van der Waals surface area contributed by atoms with Crippen molar-refractivity contribution in [3.05, 3.63) is 28.5 Å². The van der Waals surface area contributed by atoms with Gasteiger partial charge in [0.1, 0.15) is 5.82 Å². The number of hydrogen-bond donors (Lipinski definition) is 3. The van der Waals surface area contributed by atoms with E-state index in [1.54, 1.807) is 0 Å². The van der Waals surface area contributed by atoms with E-state index in [4.69, 9.17) is 5.11 Å². The zero-order valence-corrected chi connectivity index (χ0v) is 12.9. The molecule has 0 heterocycles. The van der Waals surface area contributed by atoms with Crippen molar-refractivity contribution in [2.45, 2.75) is 37.6 Å². The zero-order chi connectivity index (χ0) is 15.5. The smallest absolute Gasteiger partial charge is 0.319 e. The van der Waals surface area contributed by atoms with Crippen molar-refractivity contribution >= 4 is 33.6 Å². The summed E-state index contributed by atoms with van der Waals surface area (Å²) in [6.07, 6.45) is 3.00. The van der Waals surface area contributed by atoms with E-state index in [0.717, 1.165) is 12.8 Å². The Bertz CT molecular complexity index is 559. The first-order valence-electron chi connectivity index (χ1n) is 6.66. The summed E-state index contributed by atoms with van der Waals surface area (Å²) in [6.45, 7) is 0. The van der Waals surface area contributed by atoms with Crippen molar-refractivity contribution in [2.75, 3.05) is 5.32 Å². The molecule has 2 rings (SSSR count). The zero-order valence-electron chi connectivity index (χ0n) is 11.3. The maximum Gasteiger partial charge on any atom is 0.319 e. The third-order valence-electron chi connectivity index (χ3n) is 3.61. The van der Waals surface area contributed by atoms with Crippen LogP contribution in [0.5, 0.6) is 0 Å². The second kappa shape index (κ2) is 6.43. The number of anilines is 1. The van der Waals surface area contributed by atoms with Crippen LogP contribution in [0.4, 0.5) is 14.9 Å². The number of halogens is 2. The average Bonchev–Trinajstić information content (AvgIpc) is 2.80. The molecule has 1 fully saturated rings. The molecule has 0 aliphatic heterocycles. The Morgan fingerprint density at radius 1 is 1.33 bits per heavy atom. The van der Waals surface area contributed by atoms with Gasteiger partial charge in [-0.05, 0) is 47.0 Å². The molecular weight excluding hydrogens is 343 g/mol. The Kier molecular flexibility index (Phi) is 4.82. The van der Waals surface area contributed by atoms with Gasteiger partial charge in [-0.3, -0.25) is 4.79 Å². The molecule has 1 aliphatic rings. The minimum atomic E-state index is -0.930. The van der Waals surface area contributed by atoms with Crippen LogP contribution in [0.25, 0.3) is 0 Å². The molecule has 5 nitrogen and oxygen atoms in total. The van der Waals surface area contributed by atoms with Crippen molar-refractivity contribution in [1.29, 1.82) is 0 Å². The van der Waals surface area contributed by atoms with Gasteiger partial charge in [0.2, 0.25) is 0 Å². The maximum absolute atomic E-state index is 13.0. The van der Waals surface area contributed by atoms with Gasteiger partial charge in [-0.2, -0.15) is 0 Å². The number of rotatable bonds is 4. The lowest BCUT2D eigenvalue weighted by atomic mass is 9.93. The summed E-state index contributed by atoms with van der Waals surface area (Å²) in [5.41, 5.74) is -0.264. The molecule has 0 unspecified atom stereocenters. The molecule has 3 N–H and O–H groups in total. The molecule has 0 saturated heterocycles. The molecule has 21 heavy (non-hydrogen) atoms. The molecular formula is C14H16BrFN2O3. The fourth-order valence-corrected chi connectivity index (χ4v) is 3.12. The van der Waals surface area contributed by atoms with E-state index in [1.807, 2.05) is 0 Å². The highest BCUT2D eigenvalue weighted by molar-refractivity contribution is 9.10. The van der Waals surface area contributed by atoms with Crippen molar-refractivity contribution in [1.82, 2.24) is 5.32 Å². The minimum Gasteiger partial charge on any atom is -0.481 e. The Balaban J connectivity index is 2.04.